The van der Waals surface area contributed by atoms with E-state index < -0.39 is 18.9 Å². The van der Waals surface area contributed by atoms with Crippen LogP contribution in [0.2, 0.25) is 0 Å². The van der Waals surface area contributed by atoms with Crippen molar-refractivity contribution in [3.05, 3.63) is 0 Å². The largest absolute Gasteiger partial charge is 0.319 e. The highest BCUT2D eigenvalue weighted by Crippen LogP contribution is 2.21. The van der Waals surface area contributed by atoms with Gasteiger partial charge in [-0.1, -0.05) is 6.92 Å². The minimum atomic E-state index is -3.93. The van der Waals surface area contributed by atoms with Gasteiger partial charge in [-0.15, -0.1) is 0 Å². The molecule has 0 aromatic carbocycles. The predicted molar refractivity (Wildman–Crippen MR) is 49.4 cm³/mol. The van der Waals surface area contributed by atoms with E-state index in [1.54, 1.807) is 0 Å². The SMILES string of the molecule is CC1CCNC1CNCC(F)(F)C(F)F. The van der Waals surface area contributed by atoms with Crippen molar-refractivity contribution < 1.29 is 17.6 Å². The summed E-state index contributed by atoms with van der Waals surface area (Å²) in [5, 5.41) is 5.51. The van der Waals surface area contributed by atoms with Crippen LogP contribution in [0.3, 0.4) is 0 Å². The summed E-state index contributed by atoms with van der Waals surface area (Å²) in [5.74, 6) is -3.53. The van der Waals surface area contributed by atoms with Gasteiger partial charge in [-0.2, -0.15) is 8.78 Å². The Morgan fingerprint density at radius 1 is 1.47 bits per heavy atom. The maximum Gasteiger partial charge on any atom is 0.319 e. The minimum absolute atomic E-state index is 0.110. The molecular weight excluding hydrogens is 212 g/mol. The second-order valence-corrected chi connectivity index (χ2v) is 4.02. The third-order valence-corrected chi connectivity index (χ3v) is 2.74. The van der Waals surface area contributed by atoms with E-state index in [0.717, 1.165) is 13.0 Å². The van der Waals surface area contributed by atoms with Crippen LogP contribution in [0.15, 0.2) is 0 Å². The number of alkyl halides is 4. The minimum Gasteiger partial charge on any atom is -0.312 e. The van der Waals surface area contributed by atoms with E-state index in [-0.39, 0.29) is 6.04 Å². The summed E-state index contributed by atoms with van der Waals surface area (Å²) in [6, 6.07) is 0.110. The molecule has 0 bridgehead atoms. The predicted octanol–water partition coefficient (Wildman–Crippen LogP) is 1.47. The van der Waals surface area contributed by atoms with Gasteiger partial charge in [-0.3, -0.25) is 0 Å². The Bertz CT molecular complexity index is 199. The molecule has 2 unspecified atom stereocenters. The highest BCUT2D eigenvalue weighted by molar-refractivity contribution is 4.83. The van der Waals surface area contributed by atoms with Gasteiger partial charge in [0.1, 0.15) is 0 Å². The zero-order valence-electron chi connectivity index (χ0n) is 8.57. The van der Waals surface area contributed by atoms with Gasteiger partial charge in [0.15, 0.2) is 0 Å². The van der Waals surface area contributed by atoms with Crippen LogP contribution in [0.5, 0.6) is 0 Å². The molecule has 1 aliphatic heterocycles. The highest BCUT2D eigenvalue weighted by atomic mass is 19.3. The molecule has 15 heavy (non-hydrogen) atoms. The lowest BCUT2D eigenvalue weighted by molar-refractivity contribution is -0.125. The Balaban J connectivity index is 2.21. The van der Waals surface area contributed by atoms with Crippen LogP contribution in [0, 0.1) is 5.92 Å². The number of rotatable bonds is 5. The van der Waals surface area contributed by atoms with E-state index in [1.807, 2.05) is 6.92 Å². The Labute approximate surface area is 86.4 Å². The van der Waals surface area contributed by atoms with Crippen LogP contribution < -0.4 is 10.6 Å². The van der Waals surface area contributed by atoms with Crippen LogP contribution in [0.1, 0.15) is 13.3 Å². The van der Waals surface area contributed by atoms with Crippen LogP contribution >= 0.6 is 0 Å². The monoisotopic (exact) mass is 228 g/mol. The summed E-state index contributed by atoms with van der Waals surface area (Å²) < 4.78 is 48.5. The third-order valence-electron chi connectivity index (χ3n) is 2.74. The first-order valence-corrected chi connectivity index (χ1v) is 5.03. The molecule has 0 aliphatic carbocycles. The zero-order valence-corrected chi connectivity index (χ0v) is 8.57. The van der Waals surface area contributed by atoms with Crippen LogP contribution in [-0.2, 0) is 0 Å². The molecule has 0 amide bonds. The summed E-state index contributed by atoms with van der Waals surface area (Å²) in [6.45, 7) is 2.22. The van der Waals surface area contributed by atoms with E-state index in [0.29, 0.717) is 12.5 Å². The van der Waals surface area contributed by atoms with Gasteiger partial charge in [0.05, 0.1) is 6.54 Å². The maximum absolute atomic E-state index is 12.5. The molecule has 0 aromatic rings. The van der Waals surface area contributed by atoms with Gasteiger partial charge in [0.2, 0.25) is 0 Å². The molecule has 1 rings (SSSR count). The fourth-order valence-corrected chi connectivity index (χ4v) is 1.64. The molecule has 2 nitrogen and oxygen atoms in total. The van der Waals surface area contributed by atoms with Crippen molar-refractivity contribution in [1.82, 2.24) is 10.6 Å². The van der Waals surface area contributed by atoms with Crippen LogP contribution in [0.4, 0.5) is 17.6 Å². The topological polar surface area (TPSA) is 24.1 Å². The number of nitrogens with one attached hydrogen (secondary N) is 2. The van der Waals surface area contributed by atoms with E-state index in [1.165, 1.54) is 0 Å². The molecular formula is C9H16F4N2. The van der Waals surface area contributed by atoms with Crippen molar-refractivity contribution in [2.75, 3.05) is 19.6 Å². The number of hydrogen-bond acceptors (Lipinski definition) is 2. The molecule has 2 atom stereocenters. The fourth-order valence-electron chi connectivity index (χ4n) is 1.64. The molecule has 1 fully saturated rings. The molecule has 90 valence electrons. The maximum atomic E-state index is 12.5. The third kappa shape index (κ3) is 3.61. The van der Waals surface area contributed by atoms with Crippen molar-refractivity contribution in [2.24, 2.45) is 5.92 Å². The summed E-state index contributed by atoms with van der Waals surface area (Å²) in [7, 11) is 0. The number of halogens is 4. The van der Waals surface area contributed by atoms with E-state index in [9.17, 15) is 17.6 Å². The fraction of sp³-hybridized carbons (Fsp3) is 1.00. The zero-order chi connectivity index (χ0) is 11.5. The Kier molecular flexibility index (Phi) is 4.33. The summed E-state index contributed by atoms with van der Waals surface area (Å²) >= 11 is 0. The average Bonchev–Trinajstić information content (AvgIpc) is 2.51. The van der Waals surface area contributed by atoms with Crippen LogP contribution in [-0.4, -0.2) is 38.0 Å². The Morgan fingerprint density at radius 3 is 2.60 bits per heavy atom. The van der Waals surface area contributed by atoms with Gasteiger partial charge < -0.3 is 10.6 Å². The molecule has 1 aliphatic rings. The van der Waals surface area contributed by atoms with Crippen LogP contribution in [0.25, 0.3) is 0 Å². The molecule has 2 N–H and O–H groups in total. The highest BCUT2D eigenvalue weighted by Gasteiger charge is 2.40. The van der Waals surface area contributed by atoms with Crippen molar-refractivity contribution in [3.8, 4) is 0 Å². The molecule has 0 aromatic heterocycles. The lowest BCUT2D eigenvalue weighted by Gasteiger charge is -2.20. The molecule has 6 heteroatoms. The standard InChI is InChI=1S/C9H16F4N2/c1-6-2-3-15-7(6)4-14-5-9(12,13)8(10)11/h6-8,14-15H,2-5H2,1H3. The summed E-state index contributed by atoms with van der Waals surface area (Å²) in [5.41, 5.74) is 0. The smallest absolute Gasteiger partial charge is 0.312 e. The second-order valence-electron chi connectivity index (χ2n) is 4.02. The molecule has 0 radical (unpaired) electrons. The van der Waals surface area contributed by atoms with Crippen molar-refractivity contribution in [3.63, 3.8) is 0 Å². The lowest BCUT2D eigenvalue weighted by Crippen LogP contribution is -2.44. The molecule has 0 spiro atoms. The van der Waals surface area contributed by atoms with Gasteiger partial charge in [-0.05, 0) is 18.9 Å². The quantitative estimate of drug-likeness (QED) is 0.696. The molecule has 0 saturated carbocycles. The van der Waals surface area contributed by atoms with Gasteiger partial charge >= 0.3 is 12.3 Å². The van der Waals surface area contributed by atoms with E-state index in [2.05, 4.69) is 10.6 Å². The second kappa shape index (κ2) is 5.12. The molecule has 1 heterocycles. The summed E-state index contributed by atoms with van der Waals surface area (Å²) in [4.78, 5) is 0. The van der Waals surface area contributed by atoms with Crippen molar-refractivity contribution in [1.29, 1.82) is 0 Å². The van der Waals surface area contributed by atoms with Gasteiger partial charge in [0, 0.05) is 12.6 Å². The first-order chi connectivity index (χ1) is 6.93. The average molecular weight is 228 g/mol. The first-order valence-electron chi connectivity index (χ1n) is 5.03. The van der Waals surface area contributed by atoms with E-state index in [4.69, 9.17) is 0 Å². The Hall–Kier alpha value is -0.360. The molecule has 1 saturated heterocycles. The van der Waals surface area contributed by atoms with Gasteiger partial charge in [0.25, 0.3) is 0 Å². The lowest BCUT2D eigenvalue weighted by atomic mass is 10.0. The van der Waals surface area contributed by atoms with Crippen molar-refractivity contribution >= 4 is 0 Å². The van der Waals surface area contributed by atoms with Gasteiger partial charge in [-0.25, -0.2) is 8.78 Å². The summed E-state index contributed by atoms with van der Waals surface area (Å²) in [6.07, 6.45) is -2.60. The van der Waals surface area contributed by atoms with Crippen molar-refractivity contribution in [2.45, 2.75) is 31.7 Å². The first kappa shape index (κ1) is 12.7. The normalized spacial score (nSPS) is 27.6. The number of hydrogen-bond donors (Lipinski definition) is 2. The Morgan fingerprint density at radius 2 is 2.13 bits per heavy atom. The van der Waals surface area contributed by atoms with E-state index >= 15 is 0 Å².